The minimum atomic E-state index is 0.322. The van der Waals surface area contributed by atoms with Gasteiger partial charge in [-0.3, -0.25) is 5.43 Å². The average molecular weight is 361 g/mol. The molecule has 0 amide bonds. The zero-order valence-corrected chi connectivity index (χ0v) is 13.0. The van der Waals surface area contributed by atoms with Gasteiger partial charge < -0.3 is 5.32 Å². The standard InChI is InChI=1S/C13H9BrN6S/c14-8-1-2-10(7(5-8)6-15)17-11-9-3-4-21-12(9)19-13(18-11)20-16/h1-5H,16H2,(H2,17,18,19,20). The number of nitrogens with one attached hydrogen (secondary N) is 2. The first kappa shape index (κ1) is 13.8. The molecule has 4 N–H and O–H groups in total. The molecule has 0 fully saturated rings. The quantitative estimate of drug-likeness (QED) is 0.489. The number of halogens is 1. The molecule has 0 radical (unpaired) electrons. The minimum Gasteiger partial charge on any atom is -0.338 e. The van der Waals surface area contributed by atoms with Gasteiger partial charge in [0.2, 0.25) is 5.95 Å². The summed E-state index contributed by atoms with van der Waals surface area (Å²) in [4.78, 5) is 9.40. The van der Waals surface area contributed by atoms with Gasteiger partial charge in [-0.1, -0.05) is 15.9 Å². The van der Waals surface area contributed by atoms with Crippen LogP contribution in [-0.4, -0.2) is 9.97 Å². The van der Waals surface area contributed by atoms with Gasteiger partial charge in [-0.05, 0) is 29.6 Å². The SMILES string of the molecule is N#Cc1cc(Br)ccc1Nc1nc(NN)nc2sccc12. The number of nitrogen functional groups attached to an aromatic ring is 1. The Kier molecular flexibility index (Phi) is 3.70. The normalized spacial score (nSPS) is 10.3. The molecular formula is C13H9BrN6S. The van der Waals surface area contributed by atoms with E-state index < -0.39 is 0 Å². The molecule has 3 aromatic rings. The maximum Gasteiger partial charge on any atom is 0.240 e. The third-order valence-corrected chi connectivity index (χ3v) is 4.11. The van der Waals surface area contributed by atoms with Gasteiger partial charge >= 0.3 is 0 Å². The van der Waals surface area contributed by atoms with Crippen molar-refractivity contribution in [2.75, 3.05) is 10.7 Å². The number of benzene rings is 1. The van der Waals surface area contributed by atoms with E-state index in [4.69, 9.17) is 5.84 Å². The van der Waals surface area contributed by atoms with E-state index in [1.54, 1.807) is 6.07 Å². The lowest BCUT2D eigenvalue weighted by Gasteiger charge is -2.10. The van der Waals surface area contributed by atoms with Crippen molar-refractivity contribution in [1.82, 2.24) is 9.97 Å². The summed E-state index contributed by atoms with van der Waals surface area (Å²) in [6.07, 6.45) is 0. The molecule has 1 aromatic carbocycles. The Balaban J connectivity index is 2.10. The van der Waals surface area contributed by atoms with Gasteiger partial charge in [0.15, 0.2) is 0 Å². The van der Waals surface area contributed by atoms with Crippen LogP contribution in [0.1, 0.15) is 5.56 Å². The Hall–Kier alpha value is -2.21. The van der Waals surface area contributed by atoms with Gasteiger partial charge in [-0.15, -0.1) is 11.3 Å². The summed E-state index contributed by atoms with van der Waals surface area (Å²) in [6.45, 7) is 0. The average Bonchev–Trinajstić information content (AvgIpc) is 2.97. The summed E-state index contributed by atoms with van der Waals surface area (Å²) in [5.41, 5.74) is 3.64. The Morgan fingerprint density at radius 3 is 2.90 bits per heavy atom. The number of hydrazine groups is 1. The number of fused-ring (bicyclic) bond motifs is 1. The van der Waals surface area contributed by atoms with Gasteiger partial charge in [0.1, 0.15) is 16.7 Å². The van der Waals surface area contributed by atoms with Crippen LogP contribution in [-0.2, 0) is 0 Å². The van der Waals surface area contributed by atoms with Crippen LogP contribution in [0.2, 0.25) is 0 Å². The number of aromatic nitrogens is 2. The molecule has 0 saturated heterocycles. The number of nitriles is 1. The largest absolute Gasteiger partial charge is 0.338 e. The molecule has 2 heterocycles. The number of anilines is 3. The van der Waals surface area contributed by atoms with E-state index in [1.807, 2.05) is 23.6 Å². The topological polar surface area (TPSA) is 99.7 Å². The summed E-state index contributed by atoms with van der Waals surface area (Å²) in [5.74, 6) is 6.32. The van der Waals surface area contributed by atoms with E-state index in [1.165, 1.54) is 11.3 Å². The van der Waals surface area contributed by atoms with Crippen LogP contribution in [0.3, 0.4) is 0 Å². The Morgan fingerprint density at radius 2 is 2.14 bits per heavy atom. The number of hydrogen-bond donors (Lipinski definition) is 3. The van der Waals surface area contributed by atoms with E-state index in [9.17, 15) is 5.26 Å². The molecule has 0 bridgehead atoms. The highest BCUT2D eigenvalue weighted by atomic mass is 79.9. The zero-order chi connectivity index (χ0) is 14.8. The second-order valence-electron chi connectivity index (χ2n) is 4.11. The van der Waals surface area contributed by atoms with Crippen molar-refractivity contribution in [3.05, 3.63) is 39.7 Å². The third-order valence-electron chi connectivity index (χ3n) is 2.81. The van der Waals surface area contributed by atoms with Crippen molar-refractivity contribution < 1.29 is 0 Å². The lowest BCUT2D eigenvalue weighted by atomic mass is 10.2. The molecule has 6 nitrogen and oxygen atoms in total. The van der Waals surface area contributed by atoms with Gasteiger partial charge in [0, 0.05) is 4.47 Å². The fraction of sp³-hybridized carbons (Fsp3) is 0. The maximum absolute atomic E-state index is 9.22. The van der Waals surface area contributed by atoms with Crippen LogP contribution in [0.4, 0.5) is 17.5 Å². The number of thiophene rings is 1. The fourth-order valence-electron chi connectivity index (χ4n) is 1.86. The highest BCUT2D eigenvalue weighted by Gasteiger charge is 2.11. The monoisotopic (exact) mass is 360 g/mol. The molecule has 0 atom stereocenters. The summed E-state index contributed by atoms with van der Waals surface area (Å²) in [5, 5.41) is 15.2. The van der Waals surface area contributed by atoms with E-state index in [0.29, 0.717) is 23.0 Å². The van der Waals surface area contributed by atoms with Crippen LogP contribution in [0, 0.1) is 11.3 Å². The second-order valence-corrected chi connectivity index (χ2v) is 5.92. The van der Waals surface area contributed by atoms with Crippen molar-refractivity contribution in [3.63, 3.8) is 0 Å². The number of rotatable bonds is 3. The molecule has 8 heteroatoms. The van der Waals surface area contributed by atoms with Gasteiger partial charge in [-0.2, -0.15) is 10.2 Å². The van der Waals surface area contributed by atoms with Crippen molar-refractivity contribution in [1.29, 1.82) is 5.26 Å². The highest BCUT2D eigenvalue weighted by Crippen LogP contribution is 2.30. The smallest absolute Gasteiger partial charge is 0.240 e. The Morgan fingerprint density at radius 1 is 1.29 bits per heavy atom. The van der Waals surface area contributed by atoms with Crippen molar-refractivity contribution in [2.45, 2.75) is 0 Å². The van der Waals surface area contributed by atoms with Gasteiger partial charge in [0.05, 0.1) is 16.6 Å². The Labute approximate surface area is 132 Å². The van der Waals surface area contributed by atoms with E-state index in [2.05, 4.69) is 42.7 Å². The molecule has 0 spiro atoms. The lowest BCUT2D eigenvalue weighted by Crippen LogP contribution is -2.11. The second kappa shape index (κ2) is 5.65. The summed E-state index contributed by atoms with van der Waals surface area (Å²) in [7, 11) is 0. The minimum absolute atomic E-state index is 0.322. The van der Waals surface area contributed by atoms with E-state index in [-0.39, 0.29) is 0 Å². The number of nitrogens with two attached hydrogens (primary N) is 1. The predicted molar refractivity (Wildman–Crippen MR) is 87.4 cm³/mol. The molecule has 2 aromatic heterocycles. The molecule has 0 aliphatic heterocycles. The first-order valence-electron chi connectivity index (χ1n) is 5.90. The van der Waals surface area contributed by atoms with E-state index in [0.717, 1.165) is 14.7 Å². The molecule has 0 aliphatic rings. The predicted octanol–water partition coefficient (Wildman–Crippen LogP) is 3.35. The maximum atomic E-state index is 9.22. The van der Waals surface area contributed by atoms with Crippen LogP contribution in [0.25, 0.3) is 10.2 Å². The lowest BCUT2D eigenvalue weighted by molar-refractivity contribution is 1.16. The van der Waals surface area contributed by atoms with Crippen molar-refractivity contribution in [3.8, 4) is 6.07 Å². The van der Waals surface area contributed by atoms with Gasteiger partial charge in [-0.25, -0.2) is 10.8 Å². The molecule has 0 saturated carbocycles. The molecular weight excluding hydrogens is 352 g/mol. The first-order chi connectivity index (χ1) is 10.2. The highest BCUT2D eigenvalue weighted by molar-refractivity contribution is 9.10. The number of nitrogens with zero attached hydrogens (tertiary/aromatic N) is 3. The molecule has 21 heavy (non-hydrogen) atoms. The molecule has 3 rings (SSSR count). The van der Waals surface area contributed by atoms with Crippen LogP contribution in [0.5, 0.6) is 0 Å². The van der Waals surface area contributed by atoms with Crippen molar-refractivity contribution in [2.24, 2.45) is 5.84 Å². The summed E-state index contributed by atoms with van der Waals surface area (Å²) in [6, 6.07) is 9.50. The van der Waals surface area contributed by atoms with Gasteiger partial charge in [0.25, 0.3) is 0 Å². The zero-order valence-electron chi connectivity index (χ0n) is 10.6. The molecule has 0 aliphatic carbocycles. The van der Waals surface area contributed by atoms with Crippen molar-refractivity contribution >= 4 is 54.9 Å². The third kappa shape index (κ3) is 2.67. The molecule has 104 valence electrons. The molecule has 0 unspecified atom stereocenters. The summed E-state index contributed by atoms with van der Waals surface area (Å²) < 4.78 is 0.845. The van der Waals surface area contributed by atoms with Crippen LogP contribution in [0.15, 0.2) is 34.1 Å². The Bertz CT molecular complexity index is 853. The first-order valence-corrected chi connectivity index (χ1v) is 7.57. The van der Waals surface area contributed by atoms with E-state index >= 15 is 0 Å². The fourth-order valence-corrected chi connectivity index (χ4v) is 2.99. The van der Waals surface area contributed by atoms with Crippen LogP contribution >= 0.6 is 27.3 Å². The number of hydrogen-bond acceptors (Lipinski definition) is 7. The van der Waals surface area contributed by atoms with Crippen LogP contribution < -0.4 is 16.6 Å². The summed E-state index contributed by atoms with van der Waals surface area (Å²) >= 11 is 4.84.